The topological polar surface area (TPSA) is 104 Å². The van der Waals surface area contributed by atoms with Gasteiger partial charge in [-0.1, -0.05) is 13.0 Å². The van der Waals surface area contributed by atoms with Gasteiger partial charge in [-0.05, 0) is 110 Å². The average Bonchev–Trinajstić information content (AvgIpc) is 2.86. The predicted molar refractivity (Wildman–Crippen MR) is 161 cm³/mol. The fraction of sp³-hybridized carbons (Fsp3) is 0.750. The molecular formula is C32H53N3O6. The molecule has 3 aliphatic heterocycles. The number of nitrogens with zero attached hydrogens (tertiary/aromatic N) is 2. The molecule has 0 aromatic heterocycles. The summed E-state index contributed by atoms with van der Waals surface area (Å²) in [6.45, 7) is 19.9. The second-order valence-electron chi connectivity index (χ2n) is 14.4. The van der Waals surface area contributed by atoms with E-state index in [1.807, 2.05) is 59.4 Å². The lowest BCUT2D eigenvalue weighted by Crippen LogP contribution is -2.50. The van der Waals surface area contributed by atoms with Crippen molar-refractivity contribution in [2.24, 2.45) is 11.1 Å². The monoisotopic (exact) mass is 575 g/mol. The number of hydrogen-bond acceptors (Lipinski definition) is 7. The van der Waals surface area contributed by atoms with Crippen molar-refractivity contribution in [3.8, 4) is 11.5 Å². The maximum absolute atomic E-state index is 12.2. The molecule has 41 heavy (non-hydrogen) atoms. The molecule has 9 heteroatoms. The molecule has 9 nitrogen and oxygen atoms in total. The third-order valence-corrected chi connectivity index (χ3v) is 7.80. The van der Waals surface area contributed by atoms with Crippen LogP contribution in [-0.2, 0) is 15.9 Å². The highest BCUT2D eigenvalue weighted by molar-refractivity contribution is 5.68. The van der Waals surface area contributed by atoms with Gasteiger partial charge in [0.2, 0.25) is 0 Å². The zero-order valence-electron chi connectivity index (χ0n) is 26.6. The van der Waals surface area contributed by atoms with Crippen molar-refractivity contribution in [3.63, 3.8) is 0 Å². The minimum absolute atomic E-state index is 0.126. The number of carbonyl (C=O) groups is 2. The summed E-state index contributed by atoms with van der Waals surface area (Å²) >= 11 is 0. The molecular weight excluding hydrogens is 522 g/mol. The largest absolute Gasteiger partial charge is 0.486 e. The van der Waals surface area contributed by atoms with E-state index >= 15 is 0 Å². The maximum Gasteiger partial charge on any atom is 0.410 e. The SMILES string of the molecule is CC1(CCc2ccc3c(c2)OCCO3)CCN(C(=O)OC(C)(C)C)CC1.CC1(N)CCN(C(=O)OC(C)(C)C)CC1. The van der Waals surface area contributed by atoms with Gasteiger partial charge in [-0.15, -0.1) is 0 Å². The van der Waals surface area contributed by atoms with E-state index in [0.717, 1.165) is 63.1 Å². The Morgan fingerprint density at radius 2 is 1.27 bits per heavy atom. The Kier molecular flexibility index (Phi) is 10.5. The lowest BCUT2D eigenvalue weighted by molar-refractivity contribution is 0.0109. The Labute approximate surface area is 247 Å². The van der Waals surface area contributed by atoms with Gasteiger partial charge in [0.05, 0.1) is 0 Å². The van der Waals surface area contributed by atoms with E-state index < -0.39 is 11.2 Å². The van der Waals surface area contributed by atoms with Crippen LogP contribution in [0.1, 0.15) is 93.1 Å². The number of hydrogen-bond donors (Lipinski definition) is 1. The quantitative estimate of drug-likeness (QED) is 0.460. The highest BCUT2D eigenvalue weighted by Crippen LogP contribution is 2.37. The van der Waals surface area contributed by atoms with Crippen molar-refractivity contribution < 1.29 is 28.5 Å². The van der Waals surface area contributed by atoms with Crippen molar-refractivity contribution in [1.29, 1.82) is 0 Å². The highest BCUT2D eigenvalue weighted by Gasteiger charge is 2.34. The van der Waals surface area contributed by atoms with Crippen LogP contribution in [0.25, 0.3) is 0 Å². The third kappa shape index (κ3) is 10.9. The minimum Gasteiger partial charge on any atom is -0.486 e. The number of fused-ring (bicyclic) bond motifs is 1. The standard InChI is InChI=1S/C21H31NO4.C11H22N2O2/c1-20(2,3)26-19(23)22-11-9-21(4,10-12-22)8-7-16-5-6-17-18(15-16)25-14-13-24-17;1-10(2,3)15-9(14)13-7-5-11(4,12)6-8-13/h5-6,15H,7-14H2,1-4H3;5-8,12H2,1-4H3. The first kappa shape index (κ1) is 32.8. The van der Waals surface area contributed by atoms with Crippen LogP contribution in [-0.4, -0.2) is 78.1 Å². The van der Waals surface area contributed by atoms with Gasteiger partial charge in [0, 0.05) is 31.7 Å². The Bertz CT molecular complexity index is 1020. The smallest absolute Gasteiger partial charge is 0.410 e. The molecule has 2 amide bonds. The molecule has 0 aliphatic carbocycles. The van der Waals surface area contributed by atoms with Crippen molar-refractivity contribution in [1.82, 2.24) is 9.80 Å². The summed E-state index contributed by atoms with van der Waals surface area (Å²) in [6.07, 6.45) is 5.41. The normalized spacial score (nSPS) is 19.9. The van der Waals surface area contributed by atoms with Gasteiger partial charge in [0.25, 0.3) is 0 Å². The number of nitrogens with two attached hydrogens (primary N) is 1. The van der Waals surface area contributed by atoms with E-state index in [4.69, 9.17) is 24.7 Å². The molecule has 1 aromatic carbocycles. The molecule has 0 saturated carbocycles. The van der Waals surface area contributed by atoms with Gasteiger partial charge in [-0.3, -0.25) is 0 Å². The van der Waals surface area contributed by atoms with E-state index in [9.17, 15) is 9.59 Å². The number of ether oxygens (including phenoxy) is 4. The van der Waals surface area contributed by atoms with E-state index in [0.29, 0.717) is 26.3 Å². The summed E-state index contributed by atoms with van der Waals surface area (Å²) in [5.41, 5.74) is 6.55. The molecule has 2 N–H and O–H groups in total. The lowest BCUT2D eigenvalue weighted by atomic mass is 9.76. The third-order valence-electron chi connectivity index (χ3n) is 7.80. The summed E-state index contributed by atoms with van der Waals surface area (Å²) in [6, 6.07) is 6.25. The first-order valence-corrected chi connectivity index (χ1v) is 15.1. The summed E-state index contributed by atoms with van der Waals surface area (Å²) in [7, 11) is 0. The van der Waals surface area contributed by atoms with Crippen molar-refractivity contribution in [2.45, 2.75) is 111 Å². The van der Waals surface area contributed by atoms with Crippen LogP contribution in [0.2, 0.25) is 0 Å². The Balaban J connectivity index is 0.000000263. The number of carbonyl (C=O) groups excluding carboxylic acids is 2. The minimum atomic E-state index is -0.434. The average molecular weight is 576 g/mol. The van der Waals surface area contributed by atoms with Crippen LogP contribution in [0.3, 0.4) is 0 Å². The van der Waals surface area contributed by atoms with E-state index in [2.05, 4.69) is 19.1 Å². The zero-order valence-corrected chi connectivity index (χ0v) is 26.6. The fourth-order valence-corrected chi connectivity index (χ4v) is 5.02. The highest BCUT2D eigenvalue weighted by atomic mass is 16.6. The van der Waals surface area contributed by atoms with Crippen molar-refractivity contribution in [2.75, 3.05) is 39.4 Å². The van der Waals surface area contributed by atoms with Gasteiger partial charge < -0.3 is 34.5 Å². The number of amides is 2. The van der Waals surface area contributed by atoms with Crippen LogP contribution >= 0.6 is 0 Å². The molecule has 0 radical (unpaired) electrons. The van der Waals surface area contributed by atoms with Crippen molar-refractivity contribution in [3.05, 3.63) is 23.8 Å². The molecule has 4 rings (SSSR count). The second kappa shape index (κ2) is 13.1. The van der Waals surface area contributed by atoms with E-state index in [1.54, 1.807) is 4.90 Å². The fourth-order valence-electron chi connectivity index (χ4n) is 5.02. The van der Waals surface area contributed by atoms with Gasteiger partial charge in [0.15, 0.2) is 11.5 Å². The number of piperidine rings is 2. The number of benzene rings is 1. The van der Waals surface area contributed by atoms with Crippen molar-refractivity contribution >= 4 is 12.2 Å². The Morgan fingerprint density at radius 3 is 1.76 bits per heavy atom. The van der Waals surface area contributed by atoms with Gasteiger partial charge in [-0.25, -0.2) is 9.59 Å². The molecule has 2 fully saturated rings. The first-order valence-electron chi connectivity index (χ1n) is 15.1. The number of rotatable bonds is 3. The molecule has 232 valence electrons. The first-order chi connectivity index (χ1) is 18.9. The van der Waals surface area contributed by atoms with Crippen LogP contribution in [0.15, 0.2) is 18.2 Å². The lowest BCUT2D eigenvalue weighted by Gasteiger charge is -2.40. The second-order valence-corrected chi connectivity index (χ2v) is 14.4. The number of aryl methyl sites for hydroxylation is 1. The maximum atomic E-state index is 12.2. The van der Waals surface area contributed by atoms with Gasteiger partial charge in [0.1, 0.15) is 24.4 Å². The van der Waals surface area contributed by atoms with Crippen LogP contribution in [0, 0.1) is 5.41 Å². The Hall–Kier alpha value is -2.68. The molecule has 0 spiro atoms. The van der Waals surface area contributed by atoms with Gasteiger partial charge in [-0.2, -0.15) is 0 Å². The van der Waals surface area contributed by atoms with Crippen LogP contribution in [0.4, 0.5) is 9.59 Å². The molecule has 1 aromatic rings. The molecule has 0 unspecified atom stereocenters. The molecule has 0 atom stereocenters. The van der Waals surface area contributed by atoms with E-state index in [-0.39, 0.29) is 23.1 Å². The zero-order chi connectivity index (χ0) is 30.5. The van der Waals surface area contributed by atoms with E-state index in [1.165, 1.54) is 5.56 Å². The van der Waals surface area contributed by atoms with Crippen LogP contribution < -0.4 is 15.2 Å². The predicted octanol–water partition coefficient (Wildman–Crippen LogP) is 6.16. The molecule has 3 aliphatic rings. The van der Waals surface area contributed by atoms with Gasteiger partial charge >= 0.3 is 12.2 Å². The summed E-state index contributed by atoms with van der Waals surface area (Å²) in [5, 5.41) is 0. The number of likely N-dealkylation sites (tertiary alicyclic amines) is 2. The molecule has 2 saturated heterocycles. The van der Waals surface area contributed by atoms with Crippen LogP contribution in [0.5, 0.6) is 11.5 Å². The molecule has 3 heterocycles. The molecule has 0 bridgehead atoms. The summed E-state index contributed by atoms with van der Waals surface area (Å²) in [5.74, 6) is 1.70. The summed E-state index contributed by atoms with van der Waals surface area (Å²) in [4.78, 5) is 27.5. The Morgan fingerprint density at radius 1 is 0.805 bits per heavy atom. The summed E-state index contributed by atoms with van der Waals surface area (Å²) < 4.78 is 22.0.